The van der Waals surface area contributed by atoms with Crippen LogP contribution in [-0.2, 0) is 19.6 Å². The number of sulfonamides is 1. The lowest BCUT2D eigenvalue weighted by molar-refractivity contribution is -0.142. The Morgan fingerprint density at radius 1 is 1.50 bits per heavy atom. The molecule has 0 saturated heterocycles. The van der Waals surface area contributed by atoms with Crippen LogP contribution in [0.3, 0.4) is 0 Å². The molecule has 0 aliphatic rings. The molecule has 0 spiro atoms. The topological polar surface area (TPSA) is 96.3 Å². The molecule has 0 radical (unpaired) electrons. The Morgan fingerprint density at radius 3 is 2.56 bits per heavy atom. The van der Waals surface area contributed by atoms with Crippen LogP contribution in [0.1, 0.15) is 26.7 Å². The van der Waals surface area contributed by atoms with E-state index >= 15 is 0 Å². The molecular weight excluding hydrogens is 232 g/mol. The van der Waals surface area contributed by atoms with E-state index in [4.69, 9.17) is 5.26 Å². The summed E-state index contributed by atoms with van der Waals surface area (Å²) in [4.78, 5) is 10.9. The Hall–Kier alpha value is -1.13. The van der Waals surface area contributed by atoms with Crippen molar-refractivity contribution in [3.05, 3.63) is 0 Å². The van der Waals surface area contributed by atoms with Crippen molar-refractivity contribution < 1.29 is 17.9 Å². The predicted octanol–water partition coefficient (Wildman–Crippen LogP) is 0.161. The predicted molar refractivity (Wildman–Crippen MR) is 57.9 cm³/mol. The first kappa shape index (κ1) is 14.9. The lowest BCUT2D eigenvalue weighted by Gasteiger charge is -2.09. The standard InChI is InChI=1S/C9H16N2O4S/c1-3-8(7-10)11-16(13,14)6-5-9(12)15-4-2/h8,11H,3-6H2,1-2H3. The number of nitrogens with one attached hydrogen (secondary N) is 1. The van der Waals surface area contributed by atoms with Gasteiger partial charge in [0.05, 0.1) is 24.8 Å². The first-order chi connectivity index (χ1) is 7.45. The summed E-state index contributed by atoms with van der Waals surface area (Å²) in [6.07, 6.45) is 0.181. The van der Waals surface area contributed by atoms with Crippen LogP contribution < -0.4 is 4.72 Å². The molecule has 0 heterocycles. The van der Waals surface area contributed by atoms with Crippen molar-refractivity contribution in [2.75, 3.05) is 12.4 Å². The molecule has 0 rings (SSSR count). The lowest BCUT2D eigenvalue weighted by atomic mass is 10.3. The van der Waals surface area contributed by atoms with Gasteiger partial charge >= 0.3 is 5.97 Å². The number of carbonyl (C=O) groups is 1. The van der Waals surface area contributed by atoms with E-state index in [1.165, 1.54) is 0 Å². The van der Waals surface area contributed by atoms with Crippen LogP contribution in [0.15, 0.2) is 0 Å². The molecule has 0 fully saturated rings. The van der Waals surface area contributed by atoms with Gasteiger partial charge in [0, 0.05) is 0 Å². The summed E-state index contributed by atoms with van der Waals surface area (Å²) in [6.45, 7) is 3.57. The van der Waals surface area contributed by atoms with Gasteiger partial charge in [-0.1, -0.05) is 6.92 Å². The summed E-state index contributed by atoms with van der Waals surface area (Å²) in [5.74, 6) is -0.915. The smallest absolute Gasteiger partial charge is 0.306 e. The SMILES string of the molecule is CCOC(=O)CCS(=O)(=O)NC(C#N)CC. The van der Waals surface area contributed by atoms with Gasteiger partial charge in [0.15, 0.2) is 0 Å². The van der Waals surface area contributed by atoms with Gasteiger partial charge in [-0.05, 0) is 13.3 Å². The summed E-state index contributed by atoms with van der Waals surface area (Å²) in [5.41, 5.74) is 0. The van der Waals surface area contributed by atoms with Crippen molar-refractivity contribution in [1.29, 1.82) is 5.26 Å². The molecular formula is C9H16N2O4S. The minimum atomic E-state index is -3.59. The van der Waals surface area contributed by atoms with Crippen molar-refractivity contribution in [2.24, 2.45) is 0 Å². The second-order valence-electron chi connectivity index (χ2n) is 3.08. The van der Waals surface area contributed by atoms with Crippen molar-refractivity contribution >= 4 is 16.0 Å². The molecule has 0 amide bonds. The molecule has 1 unspecified atom stereocenters. The zero-order valence-corrected chi connectivity index (χ0v) is 10.2. The third kappa shape index (κ3) is 6.37. The Morgan fingerprint density at radius 2 is 2.12 bits per heavy atom. The number of carbonyl (C=O) groups excluding carboxylic acids is 1. The number of hydrogen-bond acceptors (Lipinski definition) is 5. The minimum absolute atomic E-state index is 0.203. The molecule has 0 aliphatic heterocycles. The molecule has 1 N–H and O–H groups in total. The van der Waals surface area contributed by atoms with E-state index in [-0.39, 0.29) is 18.8 Å². The second kappa shape index (κ2) is 7.19. The van der Waals surface area contributed by atoms with Gasteiger partial charge in [0.2, 0.25) is 10.0 Å². The largest absolute Gasteiger partial charge is 0.466 e. The van der Waals surface area contributed by atoms with Gasteiger partial charge in [-0.15, -0.1) is 0 Å². The summed E-state index contributed by atoms with van der Waals surface area (Å²) in [7, 11) is -3.59. The highest BCUT2D eigenvalue weighted by Gasteiger charge is 2.17. The maximum absolute atomic E-state index is 11.4. The number of nitriles is 1. The zero-order chi connectivity index (χ0) is 12.6. The maximum atomic E-state index is 11.4. The third-order valence-electron chi connectivity index (χ3n) is 1.77. The van der Waals surface area contributed by atoms with Crippen molar-refractivity contribution in [3.8, 4) is 6.07 Å². The van der Waals surface area contributed by atoms with Crippen LogP contribution in [0, 0.1) is 11.3 Å². The van der Waals surface area contributed by atoms with Crippen LogP contribution in [0.25, 0.3) is 0 Å². The monoisotopic (exact) mass is 248 g/mol. The van der Waals surface area contributed by atoms with E-state index in [2.05, 4.69) is 9.46 Å². The fourth-order valence-corrected chi connectivity index (χ4v) is 2.13. The number of hydrogen-bond donors (Lipinski definition) is 1. The number of nitrogens with zero attached hydrogens (tertiary/aromatic N) is 1. The van der Waals surface area contributed by atoms with Crippen molar-refractivity contribution in [2.45, 2.75) is 32.7 Å². The van der Waals surface area contributed by atoms with E-state index < -0.39 is 22.0 Å². The Bertz CT molecular complexity index is 358. The van der Waals surface area contributed by atoms with Crippen LogP contribution in [0.5, 0.6) is 0 Å². The summed E-state index contributed by atoms with van der Waals surface area (Å²) >= 11 is 0. The van der Waals surface area contributed by atoms with Crippen molar-refractivity contribution in [1.82, 2.24) is 4.72 Å². The van der Waals surface area contributed by atoms with E-state index in [1.54, 1.807) is 13.8 Å². The number of ether oxygens (including phenoxy) is 1. The molecule has 7 heteroatoms. The normalized spacial score (nSPS) is 12.8. The molecule has 0 aromatic rings. The average Bonchev–Trinajstić information content (AvgIpc) is 2.24. The molecule has 0 aromatic heterocycles. The molecule has 0 bridgehead atoms. The Labute approximate surface area is 95.6 Å². The van der Waals surface area contributed by atoms with Crippen LogP contribution in [-0.4, -0.2) is 32.8 Å². The van der Waals surface area contributed by atoms with Gasteiger partial charge in [-0.3, -0.25) is 4.79 Å². The molecule has 92 valence electrons. The first-order valence-corrected chi connectivity index (χ1v) is 6.65. The number of rotatable bonds is 7. The first-order valence-electron chi connectivity index (χ1n) is 5.00. The van der Waals surface area contributed by atoms with Crippen molar-refractivity contribution in [3.63, 3.8) is 0 Å². The third-order valence-corrected chi connectivity index (χ3v) is 3.15. The fraction of sp³-hybridized carbons (Fsp3) is 0.778. The second-order valence-corrected chi connectivity index (χ2v) is 4.96. The fourth-order valence-electron chi connectivity index (χ4n) is 0.927. The van der Waals surface area contributed by atoms with Gasteiger partial charge in [0.25, 0.3) is 0 Å². The molecule has 0 aliphatic carbocycles. The summed E-state index contributed by atoms with van der Waals surface area (Å²) in [5, 5.41) is 8.58. The summed E-state index contributed by atoms with van der Waals surface area (Å²) < 4.78 is 29.6. The molecule has 16 heavy (non-hydrogen) atoms. The molecule has 0 aromatic carbocycles. The van der Waals surface area contributed by atoms with Crippen LogP contribution >= 0.6 is 0 Å². The zero-order valence-electron chi connectivity index (χ0n) is 9.39. The lowest BCUT2D eigenvalue weighted by Crippen LogP contribution is -2.35. The van der Waals surface area contributed by atoms with E-state index in [1.807, 2.05) is 6.07 Å². The minimum Gasteiger partial charge on any atom is -0.466 e. The van der Waals surface area contributed by atoms with E-state index in [0.717, 1.165) is 0 Å². The van der Waals surface area contributed by atoms with E-state index in [9.17, 15) is 13.2 Å². The highest BCUT2D eigenvalue weighted by Crippen LogP contribution is 1.97. The van der Waals surface area contributed by atoms with Gasteiger partial charge in [-0.25, -0.2) is 8.42 Å². The quantitative estimate of drug-likeness (QED) is 0.647. The van der Waals surface area contributed by atoms with Gasteiger partial charge in [0.1, 0.15) is 6.04 Å². The molecule has 0 saturated carbocycles. The van der Waals surface area contributed by atoms with Gasteiger partial charge in [-0.2, -0.15) is 9.98 Å². The van der Waals surface area contributed by atoms with Crippen LogP contribution in [0.2, 0.25) is 0 Å². The highest BCUT2D eigenvalue weighted by atomic mass is 32.2. The van der Waals surface area contributed by atoms with Gasteiger partial charge < -0.3 is 4.74 Å². The summed E-state index contributed by atoms with van der Waals surface area (Å²) in [6, 6.07) is 1.07. The molecule has 6 nitrogen and oxygen atoms in total. The van der Waals surface area contributed by atoms with Crippen LogP contribution in [0.4, 0.5) is 0 Å². The highest BCUT2D eigenvalue weighted by molar-refractivity contribution is 7.89. The average molecular weight is 248 g/mol. The number of esters is 1. The van der Waals surface area contributed by atoms with E-state index in [0.29, 0.717) is 6.42 Å². The maximum Gasteiger partial charge on any atom is 0.306 e. The molecule has 1 atom stereocenters. The Kier molecular flexibility index (Phi) is 6.69. The Balaban J connectivity index is 4.16.